The molecule has 3 rings (SSSR count). The lowest BCUT2D eigenvalue weighted by Crippen LogP contribution is -2.42. The summed E-state index contributed by atoms with van der Waals surface area (Å²) in [5.41, 5.74) is 2.12. The van der Waals surface area contributed by atoms with E-state index in [1.165, 1.54) is 5.56 Å². The van der Waals surface area contributed by atoms with Gasteiger partial charge in [0.15, 0.2) is 0 Å². The fraction of sp³-hybridized carbons (Fsp3) is 0.667. The minimum Gasteiger partial charge on any atom is -0.485 e. The Morgan fingerprint density at radius 3 is 2.26 bits per heavy atom. The van der Waals surface area contributed by atoms with Gasteiger partial charge < -0.3 is 19.2 Å². The van der Waals surface area contributed by atoms with Crippen LogP contribution in [0, 0.1) is 6.92 Å². The van der Waals surface area contributed by atoms with Crippen LogP contribution in [-0.4, -0.2) is 35.6 Å². The highest BCUT2D eigenvalue weighted by Crippen LogP contribution is 2.38. The quantitative estimate of drug-likeness (QED) is 0.851. The molecule has 126 valence electrons. The summed E-state index contributed by atoms with van der Waals surface area (Å²) in [6.45, 7) is 12.3. The fourth-order valence-corrected chi connectivity index (χ4v) is 3.10. The van der Waals surface area contributed by atoms with Gasteiger partial charge in [0.25, 0.3) is 0 Å². The van der Waals surface area contributed by atoms with Crippen LogP contribution in [-0.2, 0) is 15.7 Å². The number of hydrogen-bond donors (Lipinski definition) is 1. The van der Waals surface area contributed by atoms with E-state index in [2.05, 4.69) is 40.7 Å². The minimum atomic E-state index is -0.505. The number of aliphatic hydroxyl groups is 1. The van der Waals surface area contributed by atoms with Crippen molar-refractivity contribution >= 4 is 12.6 Å². The zero-order chi connectivity index (χ0) is 17.0. The zero-order valence-corrected chi connectivity index (χ0v) is 15.0. The van der Waals surface area contributed by atoms with Crippen molar-refractivity contribution in [2.24, 2.45) is 0 Å². The van der Waals surface area contributed by atoms with Crippen LogP contribution >= 0.6 is 0 Å². The Balaban J connectivity index is 1.95. The number of aliphatic hydroxyl groups excluding tert-OH is 1. The smallest absolute Gasteiger partial charge is 0.485 e. The Morgan fingerprint density at radius 2 is 1.70 bits per heavy atom. The lowest BCUT2D eigenvalue weighted by Gasteiger charge is -2.35. The van der Waals surface area contributed by atoms with Crippen molar-refractivity contribution in [2.45, 2.75) is 71.2 Å². The molecule has 2 heterocycles. The summed E-state index contributed by atoms with van der Waals surface area (Å²) in [4.78, 5) is 0. The van der Waals surface area contributed by atoms with Crippen LogP contribution in [0.4, 0.5) is 0 Å². The predicted octanol–water partition coefficient (Wildman–Crippen LogP) is 2.37. The molecule has 1 unspecified atom stereocenters. The normalized spacial score (nSPS) is 28.4. The van der Waals surface area contributed by atoms with Gasteiger partial charge in [0, 0.05) is 0 Å². The van der Waals surface area contributed by atoms with E-state index in [1.807, 2.05) is 13.0 Å². The van der Waals surface area contributed by atoms with E-state index < -0.39 is 12.7 Å². The van der Waals surface area contributed by atoms with Crippen LogP contribution < -0.4 is 10.2 Å². The van der Waals surface area contributed by atoms with Gasteiger partial charge in [0.05, 0.1) is 17.8 Å². The molecule has 1 aromatic carbocycles. The number of benzene rings is 1. The van der Waals surface area contributed by atoms with E-state index in [9.17, 15) is 5.11 Å². The highest BCUT2D eigenvalue weighted by molar-refractivity contribution is 6.62. The molecule has 0 aliphatic carbocycles. The summed E-state index contributed by atoms with van der Waals surface area (Å²) < 4.78 is 18.4. The van der Waals surface area contributed by atoms with E-state index in [4.69, 9.17) is 14.0 Å². The van der Waals surface area contributed by atoms with Crippen LogP contribution in [0.15, 0.2) is 12.1 Å². The molecule has 4 nitrogen and oxygen atoms in total. The SMILES string of the molecule is Cc1cc2c(cc1B1OC(C)(C)C(C)(C)O1)OC(C)(CO)CC2. The Bertz CT molecular complexity index is 610. The molecule has 2 aliphatic heterocycles. The van der Waals surface area contributed by atoms with Gasteiger partial charge in [0.2, 0.25) is 0 Å². The van der Waals surface area contributed by atoms with Crippen molar-refractivity contribution < 1.29 is 19.2 Å². The van der Waals surface area contributed by atoms with E-state index in [-0.39, 0.29) is 17.8 Å². The molecule has 23 heavy (non-hydrogen) atoms. The second-order valence-corrected chi connectivity index (χ2v) is 8.11. The van der Waals surface area contributed by atoms with Gasteiger partial charge in [-0.2, -0.15) is 0 Å². The summed E-state index contributed by atoms with van der Waals surface area (Å²) in [5.74, 6) is 0.836. The van der Waals surface area contributed by atoms with E-state index in [0.717, 1.165) is 29.6 Å². The maximum atomic E-state index is 9.57. The van der Waals surface area contributed by atoms with Gasteiger partial charge in [0.1, 0.15) is 11.4 Å². The third kappa shape index (κ3) is 2.79. The van der Waals surface area contributed by atoms with Gasteiger partial charge in [-0.3, -0.25) is 0 Å². The van der Waals surface area contributed by atoms with Crippen molar-refractivity contribution in [1.29, 1.82) is 0 Å². The third-order valence-corrected chi connectivity index (χ3v) is 5.57. The largest absolute Gasteiger partial charge is 0.495 e. The molecule has 5 heteroatoms. The molecule has 0 amide bonds. The van der Waals surface area contributed by atoms with Crippen molar-refractivity contribution in [1.82, 2.24) is 0 Å². The molecule has 1 N–H and O–H groups in total. The van der Waals surface area contributed by atoms with Crippen molar-refractivity contribution in [2.75, 3.05) is 6.61 Å². The Morgan fingerprint density at radius 1 is 1.09 bits per heavy atom. The molecule has 1 atom stereocenters. The summed E-state index contributed by atoms with van der Waals surface area (Å²) in [7, 11) is -0.392. The van der Waals surface area contributed by atoms with Gasteiger partial charge in [-0.25, -0.2) is 0 Å². The highest BCUT2D eigenvalue weighted by atomic mass is 16.7. The second-order valence-electron chi connectivity index (χ2n) is 8.11. The van der Waals surface area contributed by atoms with Gasteiger partial charge in [-0.1, -0.05) is 11.6 Å². The molecular formula is C18H27BO4. The molecular weight excluding hydrogens is 291 g/mol. The molecule has 1 aromatic rings. The number of hydrogen-bond acceptors (Lipinski definition) is 4. The minimum absolute atomic E-state index is 0.0200. The number of aryl methyl sites for hydroxylation is 2. The number of rotatable bonds is 2. The monoisotopic (exact) mass is 318 g/mol. The first-order valence-corrected chi connectivity index (χ1v) is 8.36. The van der Waals surface area contributed by atoms with E-state index >= 15 is 0 Å². The number of fused-ring (bicyclic) bond motifs is 1. The topological polar surface area (TPSA) is 47.9 Å². The van der Waals surface area contributed by atoms with Gasteiger partial charge in [-0.05, 0) is 71.5 Å². The maximum absolute atomic E-state index is 9.57. The van der Waals surface area contributed by atoms with Gasteiger partial charge in [-0.15, -0.1) is 0 Å². The molecule has 0 bridgehead atoms. The maximum Gasteiger partial charge on any atom is 0.495 e. The first kappa shape index (κ1) is 16.8. The third-order valence-electron chi connectivity index (χ3n) is 5.57. The van der Waals surface area contributed by atoms with Crippen LogP contribution in [0.3, 0.4) is 0 Å². The summed E-state index contributed by atoms with van der Waals surface area (Å²) in [6, 6.07) is 4.19. The van der Waals surface area contributed by atoms with Crippen molar-refractivity contribution in [3.05, 3.63) is 23.3 Å². The molecule has 0 aromatic heterocycles. The van der Waals surface area contributed by atoms with Crippen LogP contribution in [0.1, 0.15) is 52.2 Å². The zero-order valence-electron chi connectivity index (χ0n) is 15.0. The van der Waals surface area contributed by atoms with E-state index in [1.54, 1.807) is 0 Å². The van der Waals surface area contributed by atoms with Crippen LogP contribution in [0.25, 0.3) is 0 Å². The average molecular weight is 318 g/mol. The summed E-state index contributed by atoms with van der Waals surface area (Å²) >= 11 is 0. The van der Waals surface area contributed by atoms with Crippen LogP contribution in [0.2, 0.25) is 0 Å². The lowest BCUT2D eigenvalue weighted by molar-refractivity contribution is 0.00578. The molecule has 1 fully saturated rings. The Labute approximate surface area is 139 Å². The van der Waals surface area contributed by atoms with Gasteiger partial charge >= 0.3 is 7.12 Å². The second kappa shape index (κ2) is 5.23. The fourth-order valence-electron chi connectivity index (χ4n) is 3.10. The molecule has 0 saturated carbocycles. The Hall–Kier alpha value is -1.04. The first-order valence-electron chi connectivity index (χ1n) is 8.36. The standard InChI is InChI=1S/C18H27BO4/c1-12-9-13-7-8-18(6,11-20)21-15(13)10-14(12)19-22-16(2,3)17(4,5)23-19/h9-10,20H,7-8,11H2,1-6H3. The lowest BCUT2D eigenvalue weighted by atomic mass is 9.75. The van der Waals surface area contributed by atoms with E-state index in [0.29, 0.717) is 0 Å². The summed E-state index contributed by atoms with van der Waals surface area (Å²) in [6.07, 6.45) is 1.74. The molecule has 0 radical (unpaired) electrons. The van der Waals surface area contributed by atoms with Crippen molar-refractivity contribution in [3.8, 4) is 5.75 Å². The summed E-state index contributed by atoms with van der Waals surface area (Å²) in [5, 5.41) is 9.57. The molecule has 2 aliphatic rings. The average Bonchev–Trinajstić information content (AvgIpc) is 2.67. The van der Waals surface area contributed by atoms with Crippen molar-refractivity contribution in [3.63, 3.8) is 0 Å². The first-order chi connectivity index (χ1) is 10.6. The predicted molar refractivity (Wildman–Crippen MR) is 91.3 cm³/mol. The number of ether oxygens (including phenoxy) is 1. The highest BCUT2D eigenvalue weighted by Gasteiger charge is 2.52. The molecule has 1 saturated heterocycles. The Kier molecular flexibility index (Phi) is 3.82. The van der Waals surface area contributed by atoms with Crippen LogP contribution in [0.5, 0.6) is 5.75 Å². The molecule has 0 spiro atoms.